The summed E-state index contributed by atoms with van der Waals surface area (Å²) < 4.78 is 30.0. The monoisotopic (exact) mass is 367 g/mol. The molecule has 26 heavy (non-hydrogen) atoms. The number of allylic oxidation sites excluding steroid dienone is 1. The van der Waals surface area contributed by atoms with Crippen molar-refractivity contribution in [2.24, 2.45) is 0 Å². The molecule has 132 valence electrons. The zero-order chi connectivity index (χ0) is 18.6. The number of para-hydroxylation sites is 1. The van der Waals surface area contributed by atoms with E-state index in [1.165, 1.54) is 18.3 Å². The zero-order valence-corrected chi connectivity index (χ0v) is 14.9. The number of pyridine rings is 1. The Kier molecular flexibility index (Phi) is 5.14. The summed E-state index contributed by atoms with van der Waals surface area (Å²) in [6.07, 6.45) is 4.14. The van der Waals surface area contributed by atoms with Gasteiger partial charge in [-0.3, -0.25) is 9.78 Å². The molecule has 1 heterocycles. The summed E-state index contributed by atoms with van der Waals surface area (Å²) >= 11 is 0. The fourth-order valence-corrected chi connectivity index (χ4v) is 3.60. The number of hydrogen-bond donors (Lipinski definition) is 0. The predicted octanol–water partition coefficient (Wildman–Crippen LogP) is 3.30. The highest BCUT2D eigenvalue weighted by Gasteiger charge is 2.18. The van der Waals surface area contributed by atoms with Gasteiger partial charge in [-0.25, -0.2) is 8.42 Å². The number of rotatable bonds is 6. The maximum atomic E-state index is 12.5. The van der Waals surface area contributed by atoms with Crippen LogP contribution < -0.4 is 4.74 Å². The Morgan fingerprint density at radius 1 is 1.12 bits per heavy atom. The Morgan fingerprint density at radius 3 is 2.58 bits per heavy atom. The number of carbonyl (C=O) groups is 1. The van der Waals surface area contributed by atoms with Gasteiger partial charge < -0.3 is 4.74 Å². The standard InChI is InChI=1S/C20H17NO4S/c1-25-18-10-7-15(8-11-18)6-9-17(22)14-26(23,24)19-12-16-4-2-3-5-20(16)21-13-19/h2-13H,14H2,1H3. The molecule has 0 aliphatic heterocycles. The van der Waals surface area contributed by atoms with Gasteiger partial charge in [-0.15, -0.1) is 0 Å². The Morgan fingerprint density at radius 2 is 1.85 bits per heavy atom. The molecule has 0 atom stereocenters. The molecule has 0 fully saturated rings. The maximum Gasteiger partial charge on any atom is 0.187 e. The maximum absolute atomic E-state index is 12.5. The van der Waals surface area contributed by atoms with Crippen LogP contribution >= 0.6 is 0 Å². The van der Waals surface area contributed by atoms with Crippen LogP contribution in [0, 0.1) is 0 Å². The minimum Gasteiger partial charge on any atom is -0.497 e. The van der Waals surface area contributed by atoms with E-state index < -0.39 is 21.4 Å². The number of sulfone groups is 1. The number of aromatic nitrogens is 1. The molecule has 3 aromatic rings. The molecule has 0 saturated heterocycles. The van der Waals surface area contributed by atoms with Gasteiger partial charge in [-0.05, 0) is 35.9 Å². The van der Waals surface area contributed by atoms with Gasteiger partial charge in [0.2, 0.25) is 0 Å². The van der Waals surface area contributed by atoms with Gasteiger partial charge in [-0.2, -0.15) is 0 Å². The third-order valence-electron chi connectivity index (χ3n) is 3.83. The van der Waals surface area contributed by atoms with Crippen LogP contribution in [0.15, 0.2) is 71.8 Å². The van der Waals surface area contributed by atoms with Crippen molar-refractivity contribution in [1.29, 1.82) is 0 Å². The highest BCUT2D eigenvalue weighted by molar-refractivity contribution is 7.92. The molecule has 0 radical (unpaired) electrons. The van der Waals surface area contributed by atoms with E-state index in [9.17, 15) is 13.2 Å². The number of benzene rings is 2. The lowest BCUT2D eigenvalue weighted by molar-refractivity contribution is -0.112. The van der Waals surface area contributed by atoms with Gasteiger partial charge in [0.1, 0.15) is 11.5 Å². The second kappa shape index (κ2) is 7.49. The number of methoxy groups -OCH3 is 1. The number of fused-ring (bicyclic) bond motifs is 1. The van der Waals surface area contributed by atoms with E-state index in [4.69, 9.17) is 4.74 Å². The first-order valence-electron chi connectivity index (χ1n) is 7.90. The quantitative estimate of drug-likeness (QED) is 0.625. The lowest BCUT2D eigenvalue weighted by Crippen LogP contribution is -2.14. The molecule has 0 N–H and O–H groups in total. The van der Waals surface area contributed by atoms with Crippen molar-refractivity contribution in [1.82, 2.24) is 4.98 Å². The first-order chi connectivity index (χ1) is 12.5. The van der Waals surface area contributed by atoms with E-state index in [0.29, 0.717) is 11.3 Å². The highest BCUT2D eigenvalue weighted by atomic mass is 32.2. The smallest absolute Gasteiger partial charge is 0.187 e. The Balaban J connectivity index is 1.74. The molecule has 0 aliphatic carbocycles. The largest absolute Gasteiger partial charge is 0.497 e. The van der Waals surface area contributed by atoms with E-state index >= 15 is 0 Å². The average Bonchev–Trinajstić information content (AvgIpc) is 2.66. The molecule has 0 spiro atoms. The SMILES string of the molecule is COc1ccc(C=CC(=O)CS(=O)(=O)c2cnc3ccccc3c2)cc1. The summed E-state index contributed by atoms with van der Waals surface area (Å²) in [5.41, 5.74) is 1.49. The summed E-state index contributed by atoms with van der Waals surface area (Å²) in [4.78, 5) is 16.3. The number of hydrogen-bond acceptors (Lipinski definition) is 5. The van der Waals surface area contributed by atoms with E-state index in [1.807, 2.05) is 12.1 Å². The van der Waals surface area contributed by atoms with Crippen LogP contribution in [0.3, 0.4) is 0 Å². The minimum atomic E-state index is -3.75. The van der Waals surface area contributed by atoms with Crippen LogP contribution in [0.2, 0.25) is 0 Å². The van der Waals surface area contributed by atoms with Crippen molar-refractivity contribution in [3.63, 3.8) is 0 Å². The van der Waals surface area contributed by atoms with Crippen molar-refractivity contribution in [2.45, 2.75) is 4.90 Å². The second-order valence-corrected chi connectivity index (χ2v) is 7.69. The van der Waals surface area contributed by atoms with Crippen molar-refractivity contribution in [2.75, 3.05) is 12.9 Å². The van der Waals surface area contributed by atoms with Crippen LogP contribution in [-0.4, -0.2) is 32.0 Å². The summed E-state index contributed by atoms with van der Waals surface area (Å²) in [6, 6.07) is 15.9. The predicted molar refractivity (Wildman–Crippen MR) is 101 cm³/mol. The molecule has 6 heteroatoms. The molecule has 0 bridgehead atoms. The Labute approximate surface area is 151 Å². The van der Waals surface area contributed by atoms with E-state index in [0.717, 1.165) is 10.9 Å². The van der Waals surface area contributed by atoms with Crippen molar-refractivity contribution < 1.29 is 17.9 Å². The van der Waals surface area contributed by atoms with Crippen LogP contribution in [-0.2, 0) is 14.6 Å². The van der Waals surface area contributed by atoms with Crippen LogP contribution in [0.4, 0.5) is 0 Å². The first kappa shape index (κ1) is 17.8. The van der Waals surface area contributed by atoms with E-state index in [-0.39, 0.29) is 4.90 Å². The lowest BCUT2D eigenvalue weighted by atomic mass is 10.2. The summed E-state index contributed by atoms with van der Waals surface area (Å²) in [6.45, 7) is 0. The van der Waals surface area contributed by atoms with Crippen LogP contribution in [0.25, 0.3) is 17.0 Å². The lowest BCUT2D eigenvalue weighted by Gasteiger charge is -2.04. The highest BCUT2D eigenvalue weighted by Crippen LogP contribution is 2.18. The second-order valence-electron chi connectivity index (χ2n) is 5.70. The van der Waals surface area contributed by atoms with Crippen molar-refractivity contribution in [3.05, 3.63) is 72.4 Å². The third kappa shape index (κ3) is 4.15. The van der Waals surface area contributed by atoms with Crippen LogP contribution in [0.1, 0.15) is 5.56 Å². The number of ether oxygens (including phenoxy) is 1. The third-order valence-corrected chi connectivity index (χ3v) is 5.44. The number of ketones is 1. The fraction of sp³-hybridized carbons (Fsp3) is 0.100. The molecule has 0 unspecified atom stereocenters. The topological polar surface area (TPSA) is 73.3 Å². The molecular weight excluding hydrogens is 350 g/mol. The number of nitrogens with zero attached hydrogens (tertiary/aromatic N) is 1. The van der Waals surface area contributed by atoms with Gasteiger partial charge in [0.05, 0.1) is 17.5 Å². The molecule has 3 rings (SSSR count). The van der Waals surface area contributed by atoms with Gasteiger partial charge in [0, 0.05) is 11.6 Å². The van der Waals surface area contributed by atoms with Gasteiger partial charge in [0.15, 0.2) is 15.6 Å². The fourth-order valence-electron chi connectivity index (χ4n) is 2.44. The zero-order valence-electron chi connectivity index (χ0n) is 14.1. The molecule has 2 aromatic carbocycles. The average molecular weight is 367 g/mol. The van der Waals surface area contributed by atoms with Gasteiger partial charge >= 0.3 is 0 Å². The summed E-state index contributed by atoms with van der Waals surface area (Å²) in [7, 11) is -2.18. The normalized spacial score (nSPS) is 11.7. The Hall–Kier alpha value is -2.99. The summed E-state index contributed by atoms with van der Waals surface area (Å²) in [5.74, 6) is -0.381. The molecule has 0 saturated carbocycles. The van der Waals surface area contributed by atoms with Gasteiger partial charge in [-0.1, -0.05) is 36.4 Å². The van der Waals surface area contributed by atoms with Crippen molar-refractivity contribution >= 4 is 32.6 Å². The Bertz CT molecular complexity index is 1070. The molecule has 0 aliphatic rings. The van der Waals surface area contributed by atoms with Gasteiger partial charge in [0.25, 0.3) is 0 Å². The molecule has 5 nitrogen and oxygen atoms in total. The van der Waals surface area contributed by atoms with E-state index in [1.54, 1.807) is 49.6 Å². The molecule has 0 amide bonds. The molecule has 1 aromatic heterocycles. The first-order valence-corrected chi connectivity index (χ1v) is 9.56. The molecular formula is C20H17NO4S. The minimum absolute atomic E-state index is 0.0439. The summed E-state index contributed by atoms with van der Waals surface area (Å²) in [5, 5.41) is 0.717. The number of carbonyl (C=O) groups excluding carboxylic acids is 1. The van der Waals surface area contributed by atoms with E-state index in [2.05, 4.69) is 4.98 Å². The van der Waals surface area contributed by atoms with Crippen LogP contribution in [0.5, 0.6) is 5.75 Å². The van der Waals surface area contributed by atoms with Crippen molar-refractivity contribution in [3.8, 4) is 5.75 Å².